The highest BCUT2D eigenvalue weighted by molar-refractivity contribution is 6.07. The van der Waals surface area contributed by atoms with Crippen molar-refractivity contribution in [3.63, 3.8) is 0 Å². The van der Waals surface area contributed by atoms with Gasteiger partial charge in [-0.3, -0.25) is 9.69 Å². The van der Waals surface area contributed by atoms with Crippen molar-refractivity contribution < 1.29 is 9.59 Å². The lowest BCUT2D eigenvalue weighted by Gasteiger charge is -2.28. The van der Waals surface area contributed by atoms with Crippen molar-refractivity contribution in [1.82, 2.24) is 15.5 Å². The molecule has 1 saturated carbocycles. The molecule has 114 valence electrons. The first kappa shape index (κ1) is 15.3. The number of rotatable bonds is 4. The number of nitrogens with one attached hydrogen (secondary N) is 2. The molecule has 5 nitrogen and oxygen atoms in total. The lowest BCUT2D eigenvalue weighted by atomic mass is 9.84. The topological polar surface area (TPSA) is 61.4 Å². The molecule has 1 aliphatic heterocycles. The predicted molar refractivity (Wildman–Crippen MR) is 78.4 cm³/mol. The van der Waals surface area contributed by atoms with Gasteiger partial charge in [0.05, 0.1) is 0 Å². The van der Waals surface area contributed by atoms with Gasteiger partial charge in [-0.05, 0) is 12.8 Å². The maximum absolute atomic E-state index is 12.6. The monoisotopic (exact) mass is 281 g/mol. The fraction of sp³-hybridized carbons (Fsp3) is 0.867. The molecule has 1 heterocycles. The molecule has 2 N–H and O–H groups in total. The van der Waals surface area contributed by atoms with Crippen molar-refractivity contribution in [1.29, 1.82) is 0 Å². The van der Waals surface area contributed by atoms with E-state index in [1.807, 2.05) is 0 Å². The van der Waals surface area contributed by atoms with Gasteiger partial charge in [0, 0.05) is 19.1 Å². The molecule has 2 rings (SSSR count). The van der Waals surface area contributed by atoms with Crippen LogP contribution in [-0.2, 0) is 4.79 Å². The molecule has 1 spiro atoms. The van der Waals surface area contributed by atoms with Crippen molar-refractivity contribution in [2.45, 2.75) is 70.4 Å². The standard InChI is InChI=1S/C15H27N3O2/c1-12(2)16-10-11-18-13(19)15(17-14(18)20)8-6-4-3-5-7-9-15/h12,16H,3-11H2,1-2H3,(H,17,20). The first-order chi connectivity index (χ1) is 9.55. The number of amides is 3. The molecule has 0 bridgehead atoms. The van der Waals surface area contributed by atoms with E-state index in [1.165, 1.54) is 24.2 Å². The van der Waals surface area contributed by atoms with Gasteiger partial charge in [0.15, 0.2) is 0 Å². The maximum Gasteiger partial charge on any atom is 0.325 e. The summed E-state index contributed by atoms with van der Waals surface area (Å²) >= 11 is 0. The summed E-state index contributed by atoms with van der Waals surface area (Å²) in [6, 6.07) is 0.159. The van der Waals surface area contributed by atoms with E-state index in [4.69, 9.17) is 0 Å². The number of urea groups is 1. The van der Waals surface area contributed by atoms with Gasteiger partial charge >= 0.3 is 6.03 Å². The van der Waals surface area contributed by atoms with Gasteiger partial charge in [0.2, 0.25) is 0 Å². The number of carbonyl (C=O) groups excluding carboxylic acids is 2. The minimum absolute atomic E-state index is 0.00467. The summed E-state index contributed by atoms with van der Waals surface area (Å²) in [5.74, 6) is -0.00467. The Kier molecular flexibility index (Phi) is 5.02. The Morgan fingerprint density at radius 1 is 1.15 bits per heavy atom. The van der Waals surface area contributed by atoms with E-state index >= 15 is 0 Å². The molecule has 1 aliphatic carbocycles. The Morgan fingerprint density at radius 3 is 2.35 bits per heavy atom. The average Bonchev–Trinajstić information content (AvgIpc) is 2.59. The van der Waals surface area contributed by atoms with E-state index in [1.54, 1.807) is 0 Å². The summed E-state index contributed by atoms with van der Waals surface area (Å²) in [4.78, 5) is 26.1. The van der Waals surface area contributed by atoms with E-state index in [-0.39, 0.29) is 11.9 Å². The first-order valence-corrected chi connectivity index (χ1v) is 7.93. The molecule has 20 heavy (non-hydrogen) atoms. The van der Waals surface area contributed by atoms with Gasteiger partial charge in [-0.1, -0.05) is 46.0 Å². The Morgan fingerprint density at radius 2 is 1.75 bits per heavy atom. The zero-order valence-electron chi connectivity index (χ0n) is 12.7. The second-order valence-corrected chi connectivity index (χ2v) is 6.35. The minimum Gasteiger partial charge on any atom is -0.323 e. The Hall–Kier alpha value is -1.10. The summed E-state index contributed by atoms with van der Waals surface area (Å²) in [6.45, 7) is 5.24. The van der Waals surface area contributed by atoms with E-state index in [0.717, 1.165) is 25.7 Å². The quantitative estimate of drug-likeness (QED) is 0.775. The normalized spacial score (nSPS) is 23.1. The van der Waals surface area contributed by atoms with Gasteiger partial charge in [-0.25, -0.2) is 4.79 Å². The molecule has 2 aliphatic rings. The predicted octanol–water partition coefficient (Wildman–Crippen LogP) is 2.02. The summed E-state index contributed by atoms with van der Waals surface area (Å²) in [5.41, 5.74) is -0.602. The summed E-state index contributed by atoms with van der Waals surface area (Å²) < 4.78 is 0. The summed E-state index contributed by atoms with van der Waals surface area (Å²) in [6.07, 6.45) is 7.24. The smallest absolute Gasteiger partial charge is 0.323 e. The molecule has 5 heteroatoms. The number of nitrogens with zero attached hydrogens (tertiary/aromatic N) is 1. The lowest BCUT2D eigenvalue weighted by Crippen LogP contribution is -2.47. The van der Waals surface area contributed by atoms with E-state index < -0.39 is 5.54 Å². The van der Waals surface area contributed by atoms with Crippen LogP contribution >= 0.6 is 0 Å². The van der Waals surface area contributed by atoms with Crippen LogP contribution < -0.4 is 10.6 Å². The van der Waals surface area contributed by atoms with Crippen LogP contribution in [0.1, 0.15) is 58.8 Å². The van der Waals surface area contributed by atoms with Crippen molar-refractivity contribution >= 4 is 11.9 Å². The third kappa shape index (κ3) is 3.32. The van der Waals surface area contributed by atoms with Gasteiger partial charge in [0.25, 0.3) is 5.91 Å². The van der Waals surface area contributed by atoms with Gasteiger partial charge < -0.3 is 10.6 Å². The van der Waals surface area contributed by atoms with Crippen LogP contribution in [-0.4, -0.2) is 41.5 Å². The first-order valence-electron chi connectivity index (χ1n) is 7.93. The molecule has 0 unspecified atom stereocenters. The second kappa shape index (κ2) is 6.57. The van der Waals surface area contributed by atoms with Crippen molar-refractivity contribution in [3.8, 4) is 0 Å². The largest absolute Gasteiger partial charge is 0.325 e. The number of hydrogen-bond donors (Lipinski definition) is 2. The lowest BCUT2D eigenvalue weighted by molar-refractivity contribution is -0.132. The second-order valence-electron chi connectivity index (χ2n) is 6.35. The highest BCUT2D eigenvalue weighted by atomic mass is 16.2. The molecule has 0 atom stereocenters. The Balaban J connectivity index is 1.98. The minimum atomic E-state index is -0.602. The highest BCUT2D eigenvalue weighted by Gasteiger charge is 2.49. The molecule has 3 amide bonds. The van der Waals surface area contributed by atoms with Gasteiger partial charge in [0.1, 0.15) is 5.54 Å². The molecule has 0 aromatic heterocycles. The zero-order chi connectivity index (χ0) is 14.6. The van der Waals surface area contributed by atoms with Gasteiger partial charge in [-0.15, -0.1) is 0 Å². The maximum atomic E-state index is 12.6. The van der Waals surface area contributed by atoms with Gasteiger partial charge in [-0.2, -0.15) is 0 Å². The van der Waals surface area contributed by atoms with Crippen LogP contribution in [0.5, 0.6) is 0 Å². The molecule has 0 aromatic rings. The number of hydrogen-bond acceptors (Lipinski definition) is 3. The van der Waals surface area contributed by atoms with E-state index in [2.05, 4.69) is 24.5 Å². The summed E-state index contributed by atoms with van der Waals surface area (Å²) in [5, 5.41) is 6.24. The molecule has 0 aromatic carbocycles. The van der Waals surface area contributed by atoms with Crippen LogP contribution in [0.25, 0.3) is 0 Å². The summed E-state index contributed by atoms with van der Waals surface area (Å²) in [7, 11) is 0. The molecule has 2 fully saturated rings. The van der Waals surface area contributed by atoms with Crippen LogP contribution in [0, 0.1) is 0 Å². The SMILES string of the molecule is CC(C)NCCN1C(=O)NC2(CCCCCCC2)C1=O. The zero-order valence-corrected chi connectivity index (χ0v) is 12.7. The van der Waals surface area contributed by atoms with Crippen molar-refractivity contribution in [3.05, 3.63) is 0 Å². The van der Waals surface area contributed by atoms with Crippen molar-refractivity contribution in [2.24, 2.45) is 0 Å². The number of carbonyl (C=O) groups is 2. The number of imide groups is 1. The molecule has 0 radical (unpaired) electrons. The van der Waals surface area contributed by atoms with Crippen LogP contribution in [0.2, 0.25) is 0 Å². The fourth-order valence-electron chi connectivity index (χ4n) is 3.19. The third-order valence-electron chi connectivity index (χ3n) is 4.34. The van der Waals surface area contributed by atoms with Crippen LogP contribution in [0.15, 0.2) is 0 Å². The third-order valence-corrected chi connectivity index (χ3v) is 4.34. The molecular formula is C15H27N3O2. The van der Waals surface area contributed by atoms with Crippen LogP contribution in [0.3, 0.4) is 0 Å². The highest BCUT2D eigenvalue weighted by Crippen LogP contribution is 2.31. The average molecular weight is 281 g/mol. The fourth-order valence-corrected chi connectivity index (χ4v) is 3.19. The van der Waals surface area contributed by atoms with E-state index in [0.29, 0.717) is 19.1 Å². The van der Waals surface area contributed by atoms with E-state index in [9.17, 15) is 9.59 Å². The molecule has 1 saturated heterocycles. The van der Waals surface area contributed by atoms with Crippen molar-refractivity contribution in [2.75, 3.05) is 13.1 Å². The Bertz CT molecular complexity index is 360. The Labute approximate surface area is 121 Å². The van der Waals surface area contributed by atoms with Crippen LogP contribution in [0.4, 0.5) is 4.79 Å². The molecular weight excluding hydrogens is 254 g/mol.